The molecule has 10 heteroatoms. The Morgan fingerprint density at radius 1 is 1.16 bits per heavy atom. The lowest BCUT2D eigenvalue weighted by atomic mass is 10.2. The summed E-state index contributed by atoms with van der Waals surface area (Å²) in [6.45, 7) is 3.27. The van der Waals surface area contributed by atoms with Gasteiger partial charge in [0.25, 0.3) is 0 Å². The van der Waals surface area contributed by atoms with Gasteiger partial charge in [0, 0.05) is 18.5 Å². The largest absolute Gasteiger partial charge is 0.495 e. The maximum Gasteiger partial charge on any atom is 0.223 e. The number of anilines is 1. The number of fused-ring (bicyclic) bond motifs is 1. The van der Waals surface area contributed by atoms with Crippen LogP contribution in [0.15, 0.2) is 58.5 Å². The second-order valence-electron chi connectivity index (χ2n) is 7.01. The van der Waals surface area contributed by atoms with Crippen LogP contribution in [-0.4, -0.2) is 31.4 Å². The molecule has 7 nitrogen and oxygen atoms in total. The highest BCUT2D eigenvalue weighted by Gasteiger charge is 2.24. The van der Waals surface area contributed by atoms with Crippen LogP contribution in [0.1, 0.15) is 12.5 Å². The lowest BCUT2D eigenvalue weighted by molar-refractivity contribution is -0.114. The molecule has 0 saturated carbocycles. The minimum absolute atomic E-state index is 0.0698. The zero-order valence-corrected chi connectivity index (χ0v) is 19.7. The highest BCUT2D eigenvalue weighted by atomic mass is 35.5. The average molecular weight is 488 g/mol. The first-order valence-electron chi connectivity index (χ1n) is 9.43. The molecule has 2 heterocycles. The van der Waals surface area contributed by atoms with E-state index in [0.29, 0.717) is 32.4 Å². The molecule has 0 radical (unpaired) electrons. The molecule has 0 unspecified atom stereocenters. The van der Waals surface area contributed by atoms with Gasteiger partial charge in [-0.25, -0.2) is 18.4 Å². The standard InChI is InChI=1S/C22H18ClN3O4S2/c1-12-4-6-14(7-5-12)32(28,29)19-10-16(18-11-24-22(31-18)25-13(2)27)26-21-15(19)8-9-17(30-3)20(21)23/h4-11H,1-3H3,(H,24,25,27). The van der Waals surface area contributed by atoms with Gasteiger partial charge in [-0.05, 0) is 37.3 Å². The third kappa shape index (κ3) is 4.06. The number of benzene rings is 2. The number of methoxy groups -OCH3 is 1. The van der Waals surface area contributed by atoms with Gasteiger partial charge in [-0.2, -0.15) is 0 Å². The van der Waals surface area contributed by atoms with Crippen molar-refractivity contribution in [1.29, 1.82) is 0 Å². The van der Waals surface area contributed by atoms with Crippen molar-refractivity contribution in [2.24, 2.45) is 0 Å². The second kappa shape index (κ2) is 8.50. The van der Waals surface area contributed by atoms with E-state index in [-0.39, 0.29) is 20.7 Å². The third-order valence-electron chi connectivity index (χ3n) is 4.73. The maximum atomic E-state index is 13.6. The van der Waals surface area contributed by atoms with Gasteiger partial charge in [0.1, 0.15) is 10.8 Å². The summed E-state index contributed by atoms with van der Waals surface area (Å²) < 4.78 is 32.5. The summed E-state index contributed by atoms with van der Waals surface area (Å²) in [5, 5.41) is 3.59. The molecule has 2 aromatic heterocycles. The summed E-state index contributed by atoms with van der Waals surface area (Å²) in [4.78, 5) is 20.9. The second-order valence-corrected chi connectivity index (χ2v) is 10.3. The number of nitrogens with one attached hydrogen (secondary N) is 1. The van der Waals surface area contributed by atoms with Crippen molar-refractivity contribution >= 4 is 54.7 Å². The summed E-state index contributed by atoms with van der Waals surface area (Å²) >= 11 is 7.69. The predicted molar refractivity (Wildman–Crippen MR) is 125 cm³/mol. The summed E-state index contributed by atoms with van der Waals surface area (Å²) in [5.41, 5.74) is 1.61. The van der Waals surface area contributed by atoms with Gasteiger partial charge in [-0.15, -0.1) is 0 Å². The van der Waals surface area contributed by atoms with Crippen LogP contribution in [0.3, 0.4) is 0 Å². The summed E-state index contributed by atoms with van der Waals surface area (Å²) in [5.74, 6) is 0.124. The van der Waals surface area contributed by atoms with Crippen LogP contribution in [0.5, 0.6) is 5.75 Å². The SMILES string of the molecule is COc1ccc2c(S(=O)(=O)c3ccc(C)cc3)cc(-c3cnc(NC(C)=O)s3)nc2c1Cl. The molecule has 0 spiro atoms. The van der Waals surface area contributed by atoms with Gasteiger partial charge >= 0.3 is 0 Å². The molecule has 164 valence electrons. The molecule has 0 bridgehead atoms. The van der Waals surface area contributed by atoms with Crippen molar-refractivity contribution in [2.75, 3.05) is 12.4 Å². The van der Waals surface area contributed by atoms with Crippen LogP contribution in [0, 0.1) is 6.92 Å². The van der Waals surface area contributed by atoms with E-state index in [2.05, 4.69) is 15.3 Å². The number of halogens is 1. The van der Waals surface area contributed by atoms with E-state index < -0.39 is 9.84 Å². The molecule has 0 atom stereocenters. The normalized spacial score (nSPS) is 11.5. The highest BCUT2D eigenvalue weighted by Crippen LogP contribution is 2.39. The van der Waals surface area contributed by atoms with Gasteiger partial charge in [0.05, 0.1) is 33.0 Å². The van der Waals surface area contributed by atoms with Crippen molar-refractivity contribution in [1.82, 2.24) is 9.97 Å². The number of hydrogen-bond donors (Lipinski definition) is 1. The van der Waals surface area contributed by atoms with E-state index in [0.717, 1.165) is 5.56 Å². The first-order chi connectivity index (χ1) is 15.2. The van der Waals surface area contributed by atoms with E-state index in [4.69, 9.17) is 16.3 Å². The number of aryl methyl sites for hydroxylation is 1. The predicted octanol–water partition coefficient (Wildman–Crippen LogP) is 5.12. The fraction of sp³-hybridized carbons (Fsp3) is 0.136. The summed E-state index contributed by atoms with van der Waals surface area (Å²) in [6, 6.07) is 11.4. The molecule has 4 aromatic rings. The maximum absolute atomic E-state index is 13.6. The fourth-order valence-corrected chi connectivity index (χ4v) is 5.74. The van der Waals surface area contributed by atoms with Crippen LogP contribution in [0.2, 0.25) is 5.02 Å². The number of ether oxygens (including phenoxy) is 1. The number of nitrogens with zero attached hydrogens (tertiary/aromatic N) is 2. The molecular weight excluding hydrogens is 470 g/mol. The minimum atomic E-state index is -3.89. The van der Waals surface area contributed by atoms with Gasteiger partial charge in [-0.1, -0.05) is 40.6 Å². The molecule has 0 aliphatic carbocycles. The van der Waals surface area contributed by atoms with Crippen molar-refractivity contribution < 1.29 is 17.9 Å². The Kier molecular flexibility index (Phi) is 5.89. The highest BCUT2D eigenvalue weighted by molar-refractivity contribution is 7.91. The molecule has 1 amide bonds. The van der Waals surface area contributed by atoms with Crippen LogP contribution < -0.4 is 10.1 Å². The molecule has 2 aromatic carbocycles. The smallest absolute Gasteiger partial charge is 0.223 e. The lowest BCUT2D eigenvalue weighted by Crippen LogP contribution is -2.05. The Hall–Kier alpha value is -3.01. The number of amides is 1. The van der Waals surface area contributed by atoms with Gasteiger partial charge in [0.2, 0.25) is 15.7 Å². The van der Waals surface area contributed by atoms with Crippen molar-refractivity contribution in [3.05, 3.63) is 59.2 Å². The van der Waals surface area contributed by atoms with Crippen LogP contribution in [-0.2, 0) is 14.6 Å². The number of rotatable bonds is 5. The van der Waals surface area contributed by atoms with Gasteiger partial charge in [0.15, 0.2) is 5.13 Å². The van der Waals surface area contributed by atoms with E-state index in [1.807, 2.05) is 6.92 Å². The fourth-order valence-electron chi connectivity index (χ4n) is 3.16. The minimum Gasteiger partial charge on any atom is -0.495 e. The van der Waals surface area contributed by atoms with Crippen molar-refractivity contribution in [2.45, 2.75) is 23.6 Å². The number of hydrogen-bond acceptors (Lipinski definition) is 7. The Labute approximate surface area is 194 Å². The lowest BCUT2D eigenvalue weighted by Gasteiger charge is -2.13. The Balaban J connectivity index is 1.99. The van der Waals surface area contributed by atoms with Crippen LogP contribution in [0.4, 0.5) is 5.13 Å². The first kappa shape index (κ1) is 22.2. The Bertz CT molecular complexity index is 1450. The van der Waals surface area contributed by atoms with E-state index >= 15 is 0 Å². The molecule has 0 saturated heterocycles. The Morgan fingerprint density at radius 3 is 2.53 bits per heavy atom. The van der Waals surface area contributed by atoms with E-state index in [1.54, 1.807) is 36.4 Å². The summed E-state index contributed by atoms with van der Waals surface area (Å²) in [7, 11) is -2.41. The van der Waals surface area contributed by atoms with Gasteiger partial charge < -0.3 is 10.1 Å². The average Bonchev–Trinajstić information content (AvgIpc) is 3.21. The first-order valence-corrected chi connectivity index (χ1v) is 12.1. The number of sulfone groups is 1. The van der Waals surface area contributed by atoms with E-state index in [1.165, 1.54) is 37.6 Å². The Morgan fingerprint density at radius 2 is 1.88 bits per heavy atom. The summed E-state index contributed by atoms with van der Waals surface area (Å²) in [6.07, 6.45) is 1.53. The number of aromatic nitrogens is 2. The number of carbonyl (C=O) groups excluding carboxylic acids is 1. The number of pyridine rings is 1. The van der Waals surface area contributed by atoms with E-state index in [9.17, 15) is 13.2 Å². The zero-order valence-electron chi connectivity index (χ0n) is 17.3. The molecule has 4 rings (SSSR count). The number of carbonyl (C=O) groups is 1. The topological polar surface area (TPSA) is 98.3 Å². The molecular formula is C22H18ClN3O4S2. The zero-order chi connectivity index (χ0) is 23.0. The third-order valence-corrected chi connectivity index (χ3v) is 7.84. The quantitative estimate of drug-likeness (QED) is 0.419. The van der Waals surface area contributed by atoms with Crippen molar-refractivity contribution in [3.8, 4) is 16.3 Å². The molecule has 32 heavy (non-hydrogen) atoms. The van der Waals surface area contributed by atoms with Crippen LogP contribution in [0.25, 0.3) is 21.5 Å². The molecule has 0 aliphatic heterocycles. The number of thiazole rings is 1. The molecule has 0 fully saturated rings. The molecule has 0 aliphatic rings. The van der Waals surface area contributed by atoms with Gasteiger partial charge in [-0.3, -0.25) is 4.79 Å². The van der Waals surface area contributed by atoms with Crippen molar-refractivity contribution in [3.63, 3.8) is 0 Å². The monoisotopic (exact) mass is 487 g/mol. The van der Waals surface area contributed by atoms with Crippen LogP contribution >= 0.6 is 22.9 Å². The molecule has 1 N–H and O–H groups in total.